The van der Waals surface area contributed by atoms with Gasteiger partial charge in [0.1, 0.15) is 5.82 Å². The first-order valence-corrected chi connectivity index (χ1v) is 8.59. The zero-order valence-corrected chi connectivity index (χ0v) is 17.4. The molecule has 0 aliphatic carbocycles. The predicted octanol–water partition coefficient (Wildman–Crippen LogP) is 6.16. The summed E-state index contributed by atoms with van der Waals surface area (Å²) >= 11 is 0. The molecule has 6 heteroatoms. The van der Waals surface area contributed by atoms with Crippen molar-refractivity contribution in [3.63, 3.8) is 0 Å². The lowest BCUT2D eigenvalue weighted by molar-refractivity contribution is 0.326. The van der Waals surface area contributed by atoms with E-state index in [0.29, 0.717) is 12.2 Å². The lowest BCUT2D eigenvalue weighted by atomic mass is 9.91. The van der Waals surface area contributed by atoms with Crippen LogP contribution in [0.15, 0.2) is 54.9 Å². The average molecular weight is 410 g/mol. The number of rotatable bonds is 5. The molecule has 2 heterocycles. The number of hydrogen-bond donors (Lipinski definition) is 1. The number of halogens is 3. The third-order valence-corrected chi connectivity index (χ3v) is 4.00. The summed E-state index contributed by atoms with van der Waals surface area (Å²) in [4.78, 5) is 11.7. The van der Waals surface area contributed by atoms with Gasteiger partial charge in [0.15, 0.2) is 6.17 Å². The molecular formula is C21H26Cl2FN3. The molecule has 0 aliphatic heterocycles. The van der Waals surface area contributed by atoms with Crippen molar-refractivity contribution in [2.75, 3.05) is 0 Å². The fourth-order valence-electron chi connectivity index (χ4n) is 2.85. The van der Waals surface area contributed by atoms with Crippen molar-refractivity contribution in [2.24, 2.45) is 5.41 Å². The summed E-state index contributed by atoms with van der Waals surface area (Å²) in [5, 5.41) is 0. The third kappa shape index (κ3) is 6.64. The summed E-state index contributed by atoms with van der Waals surface area (Å²) in [5.74, 6) is 0.410. The topological polar surface area (TPSA) is 41.6 Å². The van der Waals surface area contributed by atoms with E-state index >= 15 is 0 Å². The highest BCUT2D eigenvalue weighted by molar-refractivity contribution is 5.85. The van der Waals surface area contributed by atoms with Crippen molar-refractivity contribution in [1.29, 1.82) is 0 Å². The predicted molar refractivity (Wildman–Crippen MR) is 113 cm³/mol. The molecule has 3 rings (SSSR count). The van der Waals surface area contributed by atoms with E-state index in [1.807, 2.05) is 42.5 Å². The van der Waals surface area contributed by atoms with Crippen molar-refractivity contribution in [1.82, 2.24) is 15.0 Å². The van der Waals surface area contributed by atoms with Gasteiger partial charge in [0.25, 0.3) is 0 Å². The molecule has 1 unspecified atom stereocenters. The minimum atomic E-state index is -1.13. The van der Waals surface area contributed by atoms with Crippen molar-refractivity contribution >= 4 is 24.8 Å². The van der Waals surface area contributed by atoms with Crippen molar-refractivity contribution in [2.45, 2.75) is 39.8 Å². The van der Waals surface area contributed by atoms with Crippen LogP contribution in [0.3, 0.4) is 0 Å². The van der Waals surface area contributed by atoms with Crippen LogP contribution in [-0.4, -0.2) is 15.0 Å². The normalized spacial score (nSPS) is 12.0. The number of nitrogens with zero attached hydrogens (tertiary/aromatic N) is 2. The Labute approximate surface area is 172 Å². The van der Waals surface area contributed by atoms with Gasteiger partial charge in [0, 0.05) is 30.1 Å². The first-order valence-electron chi connectivity index (χ1n) is 8.59. The summed E-state index contributed by atoms with van der Waals surface area (Å²) in [6.07, 6.45) is 3.55. The van der Waals surface area contributed by atoms with Crippen LogP contribution < -0.4 is 0 Å². The number of imidazole rings is 1. The number of nitrogens with one attached hydrogen (secondary N) is 1. The largest absolute Gasteiger partial charge is 0.343 e. The summed E-state index contributed by atoms with van der Waals surface area (Å²) in [7, 11) is 0. The number of alkyl halides is 1. The van der Waals surface area contributed by atoms with Gasteiger partial charge in [-0.05, 0) is 29.5 Å². The Morgan fingerprint density at radius 3 is 2.30 bits per heavy atom. The molecule has 3 aromatic rings. The molecule has 1 atom stereocenters. The molecule has 27 heavy (non-hydrogen) atoms. The fraction of sp³-hybridized carbons (Fsp3) is 0.333. The molecule has 1 aromatic carbocycles. The Kier molecular flexibility index (Phi) is 8.45. The Morgan fingerprint density at radius 2 is 1.70 bits per heavy atom. The van der Waals surface area contributed by atoms with E-state index in [1.54, 1.807) is 12.4 Å². The molecule has 0 amide bonds. The first kappa shape index (κ1) is 23.1. The molecule has 2 aromatic heterocycles. The lowest BCUT2D eigenvalue weighted by Crippen LogP contribution is -2.09. The molecule has 146 valence electrons. The SMILES string of the molecule is CC(C)(C)Cc1cnc(C(F)Cc2ccc(-c3ccccn3)cc2)[nH]1.Cl.Cl. The maximum atomic E-state index is 14.6. The lowest BCUT2D eigenvalue weighted by Gasteiger charge is -2.16. The molecule has 0 aliphatic rings. The molecule has 0 saturated carbocycles. The number of benzene rings is 1. The average Bonchev–Trinajstić information content (AvgIpc) is 3.03. The van der Waals surface area contributed by atoms with Crippen molar-refractivity contribution < 1.29 is 4.39 Å². The molecule has 0 spiro atoms. The monoisotopic (exact) mass is 409 g/mol. The number of aromatic amines is 1. The van der Waals surface area contributed by atoms with Crippen LogP contribution in [0.2, 0.25) is 0 Å². The zero-order valence-electron chi connectivity index (χ0n) is 15.8. The summed E-state index contributed by atoms with van der Waals surface area (Å²) in [5.41, 5.74) is 4.03. The maximum absolute atomic E-state index is 14.6. The minimum Gasteiger partial charge on any atom is -0.343 e. The van der Waals surface area contributed by atoms with E-state index in [2.05, 4.69) is 35.7 Å². The molecule has 0 bridgehead atoms. The summed E-state index contributed by atoms with van der Waals surface area (Å²) in [6.45, 7) is 6.47. The molecule has 3 nitrogen and oxygen atoms in total. The van der Waals surface area contributed by atoms with Crippen LogP contribution in [0.5, 0.6) is 0 Å². The maximum Gasteiger partial charge on any atom is 0.161 e. The van der Waals surface area contributed by atoms with Gasteiger partial charge in [-0.25, -0.2) is 9.37 Å². The van der Waals surface area contributed by atoms with Gasteiger partial charge < -0.3 is 4.98 Å². The smallest absolute Gasteiger partial charge is 0.161 e. The first-order chi connectivity index (χ1) is 11.9. The van der Waals surface area contributed by atoms with Crippen molar-refractivity contribution in [3.8, 4) is 11.3 Å². The second kappa shape index (κ2) is 9.86. The van der Waals surface area contributed by atoms with Crippen LogP contribution >= 0.6 is 24.8 Å². The van der Waals surface area contributed by atoms with Crippen LogP contribution in [0, 0.1) is 5.41 Å². The standard InChI is InChI=1S/C21H24FN3.2ClH/c1-21(2,3)13-17-14-24-20(25-17)18(22)12-15-7-9-16(10-8-15)19-6-4-5-11-23-19;;/h4-11,14,18H,12-13H2,1-3H3,(H,24,25);2*1H. The molecular weight excluding hydrogens is 384 g/mol. The van der Waals surface area contributed by atoms with Crippen LogP contribution in [0.25, 0.3) is 11.3 Å². The van der Waals surface area contributed by atoms with E-state index in [1.165, 1.54) is 0 Å². The highest BCUT2D eigenvalue weighted by Crippen LogP contribution is 2.24. The number of pyridine rings is 1. The van der Waals surface area contributed by atoms with E-state index in [0.717, 1.165) is 28.9 Å². The van der Waals surface area contributed by atoms with E-state index in [-0.39, 0.29) is 30.2 Å². The van der Waals surface area contributed by atoms with Crippen LogP contribution in [0.4, 0.5) is 4.39 Å². The van der Waals surface area contributed by atoms with Gasteiger partial charge in [-0.2, -0.15) is 0 Å². The zero-order chi connectivity index (χ0) is 17.9. The Bertz CT molecular complexity index is 811. The highest BCUT2D eigenvalue weighted by atomic mass is 35.5. The van der Waals surface area contributed by atoms with Gasteiger partial charge in [-0.1, -0.05) is 51.1 Å². The Hall–Kier alpha value is -1.91. The van der Waals surface area contributed by atoms with Crippen LogP contribution in [-0.2, 0) is 12.8 Å². The number of H-pyrrole nitrogens is 1. The van der Waals surface area contributed by atoms with E-state index in [9.17, 15) is 4.39 Å². The summed E-state index contributed by atoms with van der Waals surface area (Å²) in [6, 6.07) is 13.7. The Balaban J connectivity index is 0.00000182. The van der Waals surface area contributed by atoms with E-state index in [4.69, 9.17) is 0 Å². The summed E-state index contributed by atoms with van der Waals surface area (Å²) < 4.78 is 14.6. The Morgan fingerprint density at radius 1 is 1.00 bits per heavy atom. The van der Waals surface area contributed by atoms with Gasteiger partial charge in [-0.3, -0.25) is 4.98 Å². The van der Waals surface area contributed by atoms with Gasteiger partial charge in [0.2, 0.25) is 0 Å². The minimum absolute atomic E-state index is 0. The quantitative estimate of drug-likeness (QED) is 0.548. The van der Waals surface area contributed by atoms with Gasteiger partial charge >= 0.3 is 0 Å². The molecule has 0 fully saturated rings. The van der Waals surface area contributed by atoms with Crippen molar-refractivity contribution in [3.05, 3.63) is 71.9 Å². The highest BCUT2D eigenvalue weighted by Gasteiger charge is 2.17. The fourth-order valence-corrected chi connectivity index (χ4v) is 2.85. The molecule has 0 saturated heterocycles. The van der Waals surface area contributed by atoms with Gasteiger partial charge in [0.05, 0.1) is 5.69 Å². The number of aromatic nitrogens is 3. The second-order valence-electron chi connectivity index (χ2n) is 7.61. The number of hydrogen-bond acceptors (Lipinski definition) is 2. The second-order valence-corrected chi connectivity index (χ2v) is 7.61. The third-order valence-electron chi connectivity index (χ3n) is 4.00. The molecule has 0 radical (unpaired) electrons. The van der Waals surface area contributed by atoms with Crippen LogP contribution in [0.1, 0.15) is 44.0 Å². The van der Waals surface area contributed by atoms with E-state index < -0.39 is 6.17 Å². The van der Waals surface area contributed by atoms with Gasteiger partial charge in [-0.15, -0.1) is 24.8 Å². The molecule has 1 N–H and O–H groups in total.